The molecular weight excluding hydrogens is 354 g/mol. The van der Waals surface area contributed by atoms with Crippen molar-refractivity contribution in [2.24, 2.45) is 0 Å². The number of para-hydroxylation sites is 1. The largest absolute Gasteiger partial charge is 0.478 e. The number of aromatic nitrogens is 1. The third kappa shape index (κ3) is 2.99. The summed E-state index contributed by atoms with van der Waals surface area (Å²) in [5.41, 5.74) is 3.75. The molecule has 4 heteroatoms. The van der Waals surface area contributed by atoms with Crippen molar-refractivity contribution in [1.82, 2.24) is 4.98 Å². The summed E-state index contributed by atoms with van der Waals surface area (Å²) in [4.78, 5) is 16.3. The summed E-state index contributed by atoms with van der Waals surface area (Å²) in [5, 5.41) is 10.2. The highest BCUT2D eigenvalue weighted by atomic mass is 79.9. The molecular formula is C19H16BrNO2. The summed E-state index contributed by atoms with van der Waals surface area (Å²) in [5.74, 6) is -0.493. The molecule has 0 aliphatic carbocycles. The van der Waals surface area contributed by atoms with Crippen molar-refractivity contribution in [2.45, 2.75) is 19.8 Å². The number of carboxylic acids is 1. The van der Waals surface area contributed by atoms with Gasteiger partial charge in [0, 0.05) is 15.4 Å². The van der Waals surface area contributed by atoms with Gasteiger partial charge in [0.05, 0.1) is 16.8 Å². The number of nitrogens with zero attached hydrogens (tertiary/aromatic N) is 1. The summed E-state index contributed by atoms with van der Waals surface area (Å²) in [6, 6.07) is 15.2. The van der Waals surface area contributed by atoms with E-state index in [-0.39, 0.29) is 5.56 Å². The Bertz CT molecular complexity index is 886. The predicted molar refractivity (Wildman–Crippen MR) is 95.9 cm³/mol. The molecule has 0 aliphatic rings. The van der Waals surface area contributed by atoms with Gasteiger partial charge in [-0.1, -0.05) is 50.2 Å². The van der Waals surface area contributed by atoms with Crippen LogP contribution in [0.25, 0.3) is 22.2 Å². The number of rotatable bonds is 3. The Kier molecular flexibility index (Phi) is 4.18. The molecule has 0 bridgehead atoms. The van der Waals surface area contributed by atoms with E-state index in [0.717, 1.165) is 10.0 Å². The van der Waals surface area contributed by atoms with Crippen LogP contribution in [0.15, 0.2) is 53.0 Å². The Morgan fingerprint density at radius 2 is 1.83 bits per heavy atom. The monoisotopic (exact) mass is 369 g/mol. The Balaban J connectivity index is 2.21. The second kappa shape index (κ2) is 6.13. The third-order valence-electron chi connectivity index (χ3n) is 3.89. The van der Waals surface area contributed by atoms with E-state index < -0.39 is 5.97 Å². The summed E-state index contributed by atoms with van der Waals surface area (Å²) < 4.78 is 0.790. The van der Waals surface area contributed by atoms with Crippen LogP contribution in [0.5, 0.6) is 0 Å². The second-order valence-electron chi connectivity index (χ2n) is 5.77. The van der Waals surface area contributed by atoms with Gasteiger partial charge in [0.15, 0.2) is 0 Å². The minimum Gasteiger partial charge on any atom is -0.478 e. The van der Waals surface area contributed by atoms with Crippen LogP contribution in [0.1, 0.15) is 35.7 Å². The molecule has 0 amide bonds. The molecule has 3 aromatic rings. The first-order valence-electron chi connectivity index (χ1n) is 7.40. The van der Waals surface area contributed by atoms with Crippen LogP contribution in [-0.4, -0.2) is 16.1 Å². The summed E-state index contributed by atoms with van der Waals surface area (Å²) in [6.07, 6.45) is 0. The lowest BCUT2D eigenvalue weighted by atomic mass is 9.99. The van der Waals surface area contributed by atoms with Crippen LogP contribution in [0.4, 0.5) is 0 Å². The van der Waals surface area contributed by atoms with Gasteiger partial charge in [-0.2, -0.15) is 0 Å². The van der Waals surface area contributed by atoms with E-state index in [1.54, 1.807) is 12.1 Å². The third-order valence-corrected chi connectivity index (χ3v) is 4.53. The van der Waals surface area contributed by atoms with Gasteiger partial charge < -0.3 is 5.11 Å². The van der Waals surface area contributed by atoms with Gasteiger partial charge in [0.25, 0.3) is 0 Å². The van der Waals surface area contributed by atoms with Crippen molar-refractivity contribution in [3.8, 4) is 11.3 Å². The topological polar surface area (TPSA) is 50.2 Å². The van der Waals surface area contributed by atoms with Crippen molar-refractivity contribution in [2.75, 3.05) is 0 Å². The fraction of sp³-hybridized carbons (Fsp3) is 0.158. The molecule has 3 nitrogen and oxygen atoms in total. The predicted octanol–water partition coefficient (Wildman–Crippen LogP) is 5.49. The van der Waals surface area contributed by atoms with Crippen molar-refractivity contribution in [1.29, 1.82) is 0 Å². The molecule has 1 aromatic heterocycles. The second-order valence-corrected chi connectivity index (χ2v) is 6.63. The Hall–Kier alpha value is -2.20. The molecule has 1 N–H and O–H groups in total. The van der Waals surface area contributed by atoms with Crippen molar-refractivity contribution < 1.29 is 9.90 Å². The summed E-state index contributed by atoms with van der Waals surface area (Å²) >= 11 is 3.46. The van der Waals surface area contributed by atoms with Crippen LogP contribution in [0.2, 0.25) is 0 Å². The summed E-state index contributed by atoms with van der Waals surface area (Å²) in [6.45, 7) is 4.28. The molecule has 0 saturated heterocycles. The number of carbonyl (C=O) groups is 1. The zero-order valence-electron chi connectivity index (χ0n) is 12.9. The Morgan fingerprint density at radius 1 is 1.13 bits per heavy atom. The standard InChI is InChI=1S/C19H16BrNO2/c1-11(2)12-6-8-13(9-7-12)17-10-15(19(22)23)14-4-3-5-16(20)18(14)21-17/h3-11H,1-2H3,(H,22,23). The van der Waals surface area contributed by atoms with Crippen LogP contribution >= 0.6 is 15.9 Å². The maximum atomic E-state index is 11.6. The number of hydrogen-bond donors (Lipinski definition) is 1. The molecule has 116 valence electrons. The van der Waals surface area contributed by atoms with E-state index in [0.29, 0.717) is 22.5 Å². The number of halogens is 1. The Labute approximate surface area is 143 Å². The zero-order chi connectivity index (χ0) is 16.6. The number of pyridine rings is 1. The lowest BCUT2D eigenvalue weighted by Crippen LogP contribution is -2.00. The molecule has 0 spiro atoms. The molecule has 1 heterocycles. The molecule has 0 saturated carbocycles. The van der Waals surface area contributed by atoms with Crippen LogP contribution in [-0.2, 0) is 0 Å². The highest BCUT2D eigenvalue weighted by molar-refractivity contribution is 9.10. The average molecular weight is 370 g/mol. The quantitative estimate of drug-likeness (QED) is 0.664. The van der Waals surface area contributed by atoms with Gasteiger partial charge in [-0.3, -0.25) is 0 Å². The number of aromatic carboxylic acids is 1. The first-order chi connectivity index (χ1) is 11.0. The van der Waals surface area contributed by atoms with Gasteiger partial charge in [0.2, 0.25) is 0 Å². The molecule has 0 aliphatic heterocycles. The van der Waals surface area contributed by atoms with E-state index in [9.17, 15) is 9.90 Å². The molecule has 0 fully saturated rings. The van der Waals surface area contributed by atoms with E-state index in [4.69, 9.17) is 0 Å². The smallest absolute Gasteiger partial charge is 0.336 e. The maximum absolute atomic E-state index is 11.6. The van der Waals surface area contributed by atoms with E-state index >= 15 is 0 Å². The molecule has 0 radical (unpaired) electrons. The van der Waals surface area contributed by atoms with Crippen LogP contribution in [0, 0.1) is 0 Å². The first kappa shape index (κ1) is 15.7. The average Bonchev–Trinajstić information content (AvgIpc) is 2.54. The lowest BCUT2D eigenvalue weighted by molar-refractivity contribution is 0.0699. The van der Waals surface area contributed by atoms with E-state index in [1.165, 1.54) is 5.56 Å². The molecule has 0 atom stereocenters. The molecule has 3 rings (SSSR count). The fourth-order valence-corrected chi connectivity index (χ4v) is 3.03. The van der Waals surface area contributed by atoms with Crippen molar-refractivity contribution in [3.63, 3.8) is 0 Å². The van der Waals surface area contributed by atoms with Gasteiger partial charge in [-0.15, -0.1) is 0 Å². The van der Waals surface area contributed by atoms with Crippen LogP contribution in [0.3, 0.4) is 0 Å². The normalized spacial score (nSPS) is 11.1. The summed E-state index contributed by atoms with van der Waals surface area (Å²) in [7, 11) is 0. The minimum atomic E-state index is -0.949. The van der Waals surface area contributed by atoms with E-state index in [2.05, 4.69) is 46.9 Å². The zero-order valence-corrected chi connectivity index (χ0v) is 14.5. The number of carboxylic acid groups (broad SMARTS) is 1. The number of benzene rings is 2. The fourth-order valence-electron chi connectivity index (χ4n) is 2.58. The van der Waals surface area contributed by atoms with Crippen LogP contribution < -0.4 is 0 Å². The highest BCUT2D eigenvalue weighted by Crippen LogP contribution is 2.30. The number of fused-ring (bicyclic) bond motifs is 1. The van der Waals surface area contributed by atoms with Gasteiger partial charge in [-0.25, -0.2) is 9.78 Å². The van der Waals surface area contributed by atoms with Gasteiger partial charge in [0.1, 0.15) is 0 Å². The SMILES string of the molecule is CC(C)c1ccc(-c2cc(C(=O)O)c3cccc(Br)c3n2)cc1. The maximum Gasteiger partial charge on any atom is 0.336 e. The van der Waals surface area contributed by atoms with Gasteiger partial charge >= 0.3 is 5.97 Å². The van der Waals surface area contributed by atoms with Gasteiger partial charge in [-0.05, 0) is 39.5 Å². The first-order valence-corrected chi connectivity index (χ1v) is 8.19. The number of hydrogen-bond acceptors (Lipinski definition) is 2. The molecule has 0 unspecified atom stereocenters. The van der Waals surface area contributed by atoms with Crippen molar-refractivity contribution >= 4 is 32.8 Å². The minimum absolute atomic E-state index is 0.263. The van der Waals surface area contributed by atoms with E-state index in [1.807, 2.05) is 24.3 Å². The Morgan fingerprint density at radius 3 is 2.43 bits per heavy atom. The molecule has 2 aromatic carbocycles. The lowest BCUT2D eigenvalue weighted by Gasteiger charge is -2.10. The highest BCUT2D eigenvalue weighted by Gasteiger charge is 2.14. The molecule has 23 heavy (non-hydrogen) atoms. The van der Waals surface area contributed by atoms with Crippen molar-refractivity contribution in [3.05, 3.63) is 64.1 Å².